The first-order valence-corrected chi connectivity index (χ1v) is 7.44. The van der Waals surface area contributed by atoms with Crippen LogP contribution >= 0.6 is 24.4 Å². The van der Waals surface area contributed by atoms with Crippen molar-refractivity contribution in [3.8, 4) is 5.75 Å². The molecule has 1 atom stereocenters. The smallest absolute Gasteiger partial charge is 0.200 e. The summed E-state index contributed by atoms with van der Waals surface area (Å²) in [5, 5.41) is 9.92. The summed E-state index contributed by atoms with van der Waals surface area (Å²) >= 11 is 5.64. The minimum atomic E-state index is -0.311. The molecule has 1 aromatic carbocycles. The van der Waals surface area contributed by atoms with Crippen molar-refractivity contribution >= 4 is 36.0 Å². The van der Waals surface area contributed by atoms with E-state index in [2.05, 4.69) is 12.6 Å². The predicted molar refractivity (Wildman–Crippen MR) is 80.4 cm³/mol. The molecule has 3 nitrogen and oxygen atoms in total. The molecular formula is C14H14O3S2. The van der Waals surface area contributed by atoms with E-state index < -0.39 is 0 Å². The van der Waals surface area contributed by atoms with Crippen molar-refractivity contribution in [1.82, 2.24) is 0 Å². The van der Waals surface area contributed by atoms with Crippen LogP contribution in [0.5, 0.6) is 5.75 Å². The molecule has 1 unspecified atom stereocenters. The monoisotopic (exact) mass is 294 g/mol. The third-order valence-electron chi connectivity index (χ3n) is 2.81. The second-order valence-corrected chi connectivity index (χ2v) is 6.41. The molecule has 0 aliphatic heterocycles. The molecule has 0 saturated heterocycles. The minimum Gasteiger partial charge on any atom is -0.507 e. The van der Waals surface area contributed by atoms with Crippen LogP contribution in [0.2, 0.25) is 0 Å². The summed E-state index contributed by atoms with van der Waals surface area (Å²) in [5.41, 5.74) is 0.397. The number of thioether (sulfide) groups is 1. The molecule has 0 bridgehead atoms. The van der Waals surface area contributed by atoms with Crippen LogP contribution in [-0.4, -0.2) is 27.7 Å². The second-order valence-electron chi connectivity index (χ2n) is 4.39. The Bertz CT molecular complexity index is 562. The van der Waals surface area contributed by atoms with Crippen LogP contribution in [0.3, 0.4) is 0 Å². The first kappa shape index (κ1) is 14.2. The maximum absolute atomic E-state index is 12.2. The zero-order valence-corrected chi connectivity index (χ0v) is 12.1. The van der Waals surface area contributed by atoms with E-state index in [4.69, 9.17) is 0 Å². The Labute approximate surface area is 121 Å². The minimum absolute atomic E-state index is 0.111. The van der Waals surface area contributed by atoms with Crippen molar-refractivity contribution in [2.24, 2.45) is 0 Å². The topological polar surface area (TPSA) is 54.4 Å². The van der Waals surface area contributed by atoms with Crippen LogP contribution in [0.1, 0.15) is 34.1 Å². The van der Waals surface area contributed by atoms with Gasteiger partial charge in [0.15, 0.2) is 11.6 Å². The van der Waals surface area contributed by atoms with E-state index in [-0.39, 0.29) is 33.7 Å². The number of fused-ring (bicyclic) bond motifs is 1. The Kier molecular flexibility index (Phi) is 4.37. The van der Waals surface area contributed by atoms with Crippen LogP contribution in [0.15, 0.2) is 29.2 Å². The number of carbonyl (C=O) groups excluding carboxylic acids is 2. The third-order valence-corrected chi connectivity index (χ3v) is 4.12. The van der Waals surface area contributed by atoms with E-state index in [0.717, 1.165) is 12.2 Å². The molecule has 1 aromatic rings. The number of benzene rings is 1. The Morgan fingerprint density at radius 2 is 2.11 bits per heavy atom. The fourth-order valence-corrected chi connectivity index (χ4v) is 3.25. The van der Waals surface area contributed by atoms with Gasteiger partial charge in [-0.1, -0.05) is 13.0 Å². The van der Waals surface area contributed by atoms with Gasteiger partial charge in [0.05, 0.1) is 10.5 Å². The highest BCUT2D eigenvalue weighted by atomic mass is 32.2. The molecule has 1 aliphatic rings. The highest BCUT2D eigenvalue weighted by Crippen LogP contribution is 2.32. The molecular weight excluding hydrogens is 280 g/mol. The maximum atomic E-state index is 12.2. The number of aromatic hydroxyl groups is 1. The lowest BCUT2D eigenvalue weighted by atomic mass is 9.94. The van der Waals surface area contributed by atoms with Crippen molar-refractivity contribution in [1.29, 1.82) is 0 Å². The van der Waals surface area contributed by atoms with Crippen LogP contribution in [0.4, 0.5) is 0 Å². The van der Waals surface area contributed by atoms with E-state index >= 15 is 0 Å². The first-order valence-electron chi connectivity index (χ1n) is 5.94. The standard InChI is InChI=1S/C14H14O3S2/c1-8(18)5-6-19-12-7-11(16)13-9(14(12)17)3-2-4-10(13)15/h2-4,7-8,15,18H,5-6H2,1H3. The van der Waals surface area contributed by atoms with E-state index in [0.29, 0.717) is 4.91 Å². The molecule has 0 radical (unpaired) electrons. The molecule has 100 valence electrons. The zero-order valence-electron chi connectivity index (χ0n) is 10.4. The highest BCUT2D eigenvalue weighted by molar-refractivity contribution is 8.04. The SMILES string of the molecule is CC(S)CCSC1=CC(=O)c2c(O)cccc2C1=O. The number of rotatable bonds is 4. The lowest BCUT2D eigenvalue weighted by Gasteiger charge is -2.15. The molecule has 1 N–H and O–H groups in total. The average Bonchev–Trinajstić information content (AvgIpc) is 2.34. The summed E-state index contributed by atoms with van der Waals surface area (Å²) < 4.78 is 0. The summed E-state index contributed by atoms with van der Waals surface area (Å²) in [5.74, 6) is 0.0977. The van der Waals surface area contributed by atoms with Gasteiger partial charge in [-0.3, -0.25) is 9.59 Å². The van der Waals surface area contributed by atoms with Crippen LogP contribution in [-0.2, 0) is 0 Å². The number of hydrogen-bond donors (Lipinski definition) is 2. The molecule has 0 heterocycles. The van der Waals surface area contributed by atoms with Gasteiger partial charge in [0.25, 0.3) is 0 Å². The average molecular weight is 294 g/mol. The van der Waals surface area contributed by atoms with Crippen LogP contribution in [0.25, 0.3) is 0 Å². The number of phenolic OH excluding ortho intramolecular Hbond substituents is 1. The van der Waals surface area contributed by atoms with Gasteiger partial charge in [-0.2, -0.15) is 12.6 Å². The Hall–Kier alpha value is -1.20. The lowest BCUT2D eigenvalue weighted by molar-refractivity contribution is 0.0989. The highest BCUT2D eigenvalue weighted by Gasteiger charge is 2.27. The van der Waals surface area contributed by atoms with Gasteiger partial charge in [0, 0.05) is 11.6 Å². The molecule has 2 rings (SSSR count). The number of thiol groups is 1. The summed E-state index contributed by atoms with van der Waals surface area (Å²) in [7, 11) is 0. The molecule has 0 spiro atoms. The van der Waals surface area contributed by atoms with Crippen molar-refractivity contribution in [3.63, 3.8) is 0 Å². The normalized spacial score (nSPS) is 16.0. The summed E-state index contributed by atoms with van der Waals surface area (Å²) in [6, 6.07) is 4.56. The van der Waals surface area contributed by atoms with E-state index in [9.17, 15) is 14.7 Å². The number of ketones is 2. The number of Topliss-reactive ketones (excluding diaryl/α,β-unsaturated/α-hetero) is 1. The van der Waals surface area contributed by atoms with Crippen molar-refractivity contribution in [3.05, 3.63) is 40.3 Å². The molecule has 5 heteroatoms. The number of carbonyl (C=O) groups is 2. The Morgan fingerprint density at radius 1 is 1.37 bits per heavy atom. The zero-order chi connectivity index (χ0) is 14.0. The largest absolute Gasteiger partial charge is 0.507 e. The van der Waals surface area contributed by atoms with Gasteiger partial charge in [-0.15, -0.1) is 11.8 Å². The van der Waals surface area contributed by atoms with Crippen molar-refractivity contribution < 1.29 is 14.7 Å². The van der Waals surface area contributed by atoms with E-state index in [1.54, 1.807) is 12.1 Å². The molecule has 19 heavy (non-hydrogen) atoms. The van der Waals surface area contributed by atoms with E-state index in [1.165, 1.54) is 23.9 Å². The van der Waals surface area contributed by atoms with Gasteiger partial charge < -0.3 is 5.11 Å². The fourth-order valence-electron chi connectivity index (χ4n) is 1.82. The van der Waals surface area contributed by atoms with E-state index in [1.807, 2.05) is 6.92 Å². The Balaban J connectivity index is 2.23. The van der Waals surface area contributed by atoms with Gasteiger partial charge in [-0.25, -0.2) is 0 Å². The molecule has 0 saturated carbocycles. The maximum Gasteiger partial charge on any atom is 0.200 e. The van der Waals surface area contributed by atoms with Gasteiger partial charge >= 0.3 is 0 Å². The summed E-state index contributed by atoms with van der Waals surface area (Å²) in [4.78, 5) is 24.6. The number of allylic oxidation sites excluding steroid dienone is 2. The molecule has 0 amide bonds. The summed E-state index contributed by atoms with van der Waals surface area (Å²) in [6.07, 6.45) is 2.18. The van der Waals surface area contributed by atoms with Gasteiger partial charge in [0.2, 0.25) is 0 Å². The molecule has 0 fully saturated rings. The Morgan fingerprint density at radius 3 is 2.79 bits per heavy atom. The molecule has 1 aliphatic carbocycles. The number of phenols is 1. The molecule has 0 aromatic heterocycles. The fraction of sp³-hybridized carbons (Fsp3) is 0.286. The quantitative estimate of drug-likeness (QED) is 0.838. The van der Waals surface area contributed by atoms with Crippen molar-refractivity contribution in [2.45, 2.75) is 18.6 Å². The third kappa shape index (κ3) is 3.04. The lowest BCUT2D eigenvalue weighted by Crippen LogP contribution is -2.16. The number of hydrogen-bond acceptors (Lipinski definition) is 5. The van der Waals surface area contributed by atoms with Crippen LogP contribution < -0.4 is 0 Å². The second kappa shape index (κ2) is 5.84. The predicted octanol–water partition coefficient (Wildman–Crippen LogP) is 3.10. The van der Waals surface area contributed by atoms with Crippen LogP contribution in [0, 0.1) is 0 Å². The van der Waals surface area contributed by atoms with Gasteiger partial charge in [-0.05, 0) is 29.6 Å². The van der Waals surface area contributed by atoms with Crippen molar-refractivity contribution in [2.75, 3.05) is 5.75 Å². The first-order chi connectivity index (χ1) is 9.00. The summed E-state index contributed by atoms with van der Waals surface area (Å²) in [6.45, 7) is 1.99. The van der Waals surface area contributed by atoms with Gasteiger partial charge in [0.1, 0.15) is 5.75 Å².